The molecule has 4 bridgehead atoms. The van der Waals surface area contributed by atoms with Crippen LogP contribution in [0.3, 0.4) is 0 Å². The molecule has 4 aliphatic rings. The Balaban J connectivity index is 1.50. The first kappa shape index (κ1) is 16.9. The fourth-order valence-corrected chi connectivity index (χ4v) is 6.11. The van der Waals surface area contributed by atoms with E-state index in [1.165, 1.54) is 19.3 Å². The van der Waals surface area contributed by atoms with Crippen molar-refractivity contribution in [1.29, 1.82) is 0 Å². The molecule has 4 aliphatic carbocycles. The summed E-state index contributed by atoms with van der Waals surface area (Å²) in [6.45, 7) is 2.92. The summed E-state index contributed by atoms with van der Waals surface area (Å²) >= 11 is 0. The lowest BCUT2D eigenvalue weighted by Crippen LogP contribution is -2.55. The van der Waals surface area contributed by atoms with Gasteiger partial charge in [0.15, 0.2) is 0 Å². The number of phenols is 1. The van der Waals surface area contributed by atoms with E-state index in [4.69, 9.17) is 0 Å². The quantitative estimate of drug-likeness (QED) is 0.860. The van der Waals surface area contributed by atoms with Crippen LogP contribution < -0.4 is 0 Å². The molecule has 0 unspecified atom stereocenters. The molecule has 0 saturated heterocycles. The first-order valence-corrected chi connectivity index (χ1v) is 9.75. The van der Waals surface area contributed by atoms with Crippen molar-refractivity contribution < 1.29 is 15.0 Å². The van der Waals surface area contributed by atoms with Gasteiger partial charge in [0.2, 0.25) is 5.91 Å². The van der Waals surface area contributed by atoms with Gasteiger partial charge in [-0.3, -0.25) is 4.79 Å². The van der Waals surface area contributed by atoms with Crippen LogP contribution in [0.15, 0.2) is 24.3 Å². The molecule has 5 rings (SSSR count). The van der Waals surface area contributed by atoms with Crippen LogP contribution in [0, 0.1) is 23.2 Å². The Morgan fingerprint density at radius 2 is 1.80 bits per heavy atom. The molecular formula is C21H29NO3. The highest BCUT2D eigenvalue weighted by atomic mass is 16.3. The molecule has 0 aromatic heterocycles. The summed E-state index contributed by atoms with van der Waals surface area (Å²) in [5, 5.41) is 20.2. The summed E-state index contributed by atoms with van der Waals surface area (Å²) < 4.78 is 0. The Morgan fingerprint density at radius 3 is 2.32 bits per heavy atom. The van der Waals surface area contributed by atoms with Crippen molar-refractivity contribution in [3.8, 4) is 5.75 Å². The highest BCUT2D eigenvalue weighted by Crippen LogP contribution is 2.60. The average molecular weight is 343 g/mol. The van der Waals surface area contributed by atoms with Gasteiger partial charge in [-0.05, 0) is 80.9 Å². The minimum absolute atomic E-state index is 0.145. The van der Waals surface area contributed by atoms with Crippen LogP contribution in [0.2, 0.25) is 0 Å². The fourth-order valence-electron chi connectivity index (χ4n) is 6.11. The van der Waals surface area contributed by atoms with Crippen LogP contribution in [0.5, 0.6) is 5.75 Å². The molecule has 0 spiro atoms. The summed E-state index contributed by atoms with van der Waals surface area (Å²) in [6.07, 6.45) is 6.37. The molecule has 0 heterocycles. The number of aliphatic hydroxyl groups excluding tert-OH is 1. The molecule has 4 saturated carbocycles. The minimum atomic E-state index is -0.759. The number of carbonyl (C=O) groups excluding carboxylic acids is 1. The first-order valence-electron chi connectivity index (χ1n) is 9.75. The predicted octanol–water partition coefficient (Wildman–Crippen LogP) is 3.49. The van der Waals surface area contributed by atoms with Crippen LogP contribution in [0.25, 0.3) is 0 Å². The van der Waals surface area contributed by atoms with Crippen molar-refractivity contribution in [2.75, 3.05) is 13.1 Å². The average Bonchev–Trinajstić information content (AvgIpc) is 2.57. The molecule has 1 aromatic rings. The smallest absolute Gasteiger partial charge is 0.228 e. The first-order chi connectivity index (χ1) is 12.0. The molecule has 1 amide bonds. The Hall–Kier alpha value is -1.55. The van der Waals surface area contributed by atoms with Gasteiger partial charge in [-0.25, -0.2) is 0 Å². The van der Waals surface area contributed by atoms with E-state index in [-0.39, 0.29) is 17.1 Å². The van der Waals surface area contributed by atoms with Gasteiger partial charge >= 0.3 is 0 Å². The lowest BCUT2D eigenvalue weighted by Gasteiger charge is -2.56. The molecule has 4 nitrogen and oxygen atoms in total. The summed E-state index contributed by atoms with van der Waals surface area (Å²) in [4.78, 5) is 15.3. The topological polar surface area (TPSA) is 60.8 Å². The monoisotopic (exact) mass is 343 g/mol. The van der Waals surface area contributed by atoms with Gasteiger partial charge in [0.25, 0.3) is 0 Å². The maximum Gasteiger partial charge on any atom is 0.228 e. The zero-order valence-electron chi connectivity index (χ0n) is 15.0. The van der Waals surface area contributed by atoms with Gasteiger partial charge < -0.3 is 15.1 Å². The zero-order valence-corrected chi connectivity index (χ0v) is 15.0. The lowest BCUT2D eigenvalue weighted by molar-refractivity contribution is -0.158. The van der Waals surface area contributed by atoms with Gasteiger partial charge in [0, 0.05) is 6.54 Å². The second kappa shape index (κ2) is 6.31. The summed E-state index contributed by atoms with van der Waals surface area (Å²) in [7, 11) is 0. The van der Waals surface area contributed by atoms with Gasteiger partial charge in [-0.2, -0.15) is 0 Å². The van der Waals surface area contributed by atoms with Gasteiger partial charge in [-0.15, -0.1) is 0 Å². The number of phenolic OH excluding ortho intramolecular Hbond substituents is 1. The Kier molecular flexibility index (Phi) is 4.27. The maximum absolute atomic E-state index is 13.4. The molecule has 136 valence electrons. The van der Waals surface area contributed by atoms with E-state index in [1.54, 1.807) is 24.3 Å². The molecule has 4 heteroatoms. The van der Waals surface area contributed by atoms with E-state index >= 15 is 0 Å². The number of benzene rings is 1. The molecule has 1 atom stereocenters. The third kappa shape index (κ3) is 3.05. The van der Waals surface area contributed by atoms with E-state index in [1.807, 2.05) is 11.8 Å². The van der Waals surface area contributed by atoms with Crippen molar-refractivity contribution in [3.63, 3.8) is 0 Å². The van der Waals surface area contributed by atoms with Gasteiger partial charge in [0.1, 0.15) is 5.75 Å². The van der Waals surface area contributed by atoms with E-state index < -0.39 is 6.10 Å². The molecule has 0 aliphatic heterocycles. The van der Waals surface area contributed by atoms with E-state index in [0.29, 0.717) is 18.7 Å². The van der Waals surface area contributed by atoms with Crippen molar-refractivity contribution in [1.82, 2.24) is 4.90 Å². The van der Waals surface area contributed by atoms with E-state index in [0.717, 1.165) is 37.0 Å². The summed E-state index contributed by atoms with van der Waals surface area (Å²) in [5.41, 5.74) is 0.500. The summed E-state index contributed by atoms with van der Waals surface area (Å²) in [5.74, 6) is 2.63. The van der Waals surface area contributed by atoms with Crippen LogP contribution in [-0.2, 0) is 4.79 Å². The Morgan fingerprint density at radius 1 is 1.20 bits per heavy atom. The second-order valence-corrected chi connectivity index (χ2v) is 8.65. The van der Waals surface area contributed by atoms with Crippen LogP contribution in [0.1, 0.15) is 57.1 Å². The SMILES string of the molecule is CCN(C[C@H](O)c1cccc(O)c1)C(=O)C12CC3CC(CC(C3)C1)C2. The Bertz CT molecular complexity index is 621. The largest absolute Gasteiger partial charge is 0.508 e. The van der Waals surface area contributed by atoms with Crippen molar-refractivity contribution in [2.24, 2.45) is 23.2 Å². The highest BCUT2D eigenvalue weighted by molar-refractivity contribution is 5.83. The molecular weight excluding hydrogens is 314 g/mol. The molecule has 25 heavy (non-hydrogen) atoms. The number of rotatable bonds is 5. The fraction of sp³-hybridized carbons (Fsp3) is 0.667. The van der Waals surface area contributed by atoms with Crippen LogP contribution >= 0.6 is 0 Å². The molecule has 0 radical (unpaired) electrons. The molecule has 4 fully saturated rings. The van der Waals surface area contributed by atoms with Crippen LogP contribution in [0.4, 0.5) is 0 Å². The number of aliphatic hydroxyl groups is 1. The van der Waals surface area contributed by atoms with Crippen molar-refractivity contribution in [2.45, 2.75) is 51.6 Å². The number of amides is 1. The molecule has 1 aromatic carbocycles. The third-order valence-corrected chi connectivity index (χ3v) is 6.81. The number of likely N-dealkylation sites (N-methyl/N-ethyl adjacent to an activating group) is 1. The predicted molar refractivity (Wildman–Crippen MR) is 95.9 cm³/mol. The number of hydrogen-bond acceptors (Lipinski definition) is 3. The lowest BCUT2D eigenvalue weighted by atomic mass is 9.49. The zero-order chi connectivity index (χ0) is 17.6. The minimum Gasteiger partial charge on any atom is -0.508 e. The van der Waals surface area contributed by atoms with Crippen molar-refractivity contribution in [3.05, 3.63) is 29.8 Å². The van der Waals surface area contributed by atoms with E-state index in [9.17, 15) is 15.0 Å². The molecule has 2 N–H and O–H groups in total. The number of nitrogens with zero attached hydrogens (tertiary/aromatic N) is 1. The normalized spacial score (nSPS) is 34.1. The highest BCUT2D eigenvalue weighted by Gasteiger charge is 2.55. The maximum atomic E-state index is 13.4. The number of carbonyl (C=O) groups is 1. The second-order valence-electron chi connectivity index (χ2n) is 8.65. The Labute approximate surface area is 149 Å². The van der Waals surface area contributed by atoms with E-state index in [2.05, 4.69) is 0 Å². The van der Waals surface area contributed by atoms with Crippen molar-refractivity contribution >= 4 is 5.91 Å². The number of aromatic hydroxyl groups is 1. The van der Waals surface area contributed by atoms with Gasteiger partial charge in [-0.1, -0.05) is 12.1 Å². The third-order valence-electron chi connectivity index (χ3n) is 6.81. The standard InChI is InChI=1S/C21H29NO3/c1-2-22(13-19(24)17-4-3-5-18(23)9-17)20(25)21-10-14-6-15(11-21)8-16(7-14)12-21/h3-5,9,14-16,19,23-24H,2,6-8,10-13H2,1H3/t14?,15?,16?,19-,21?/m0/s1. The van der Waals surface area contributed by atoms with Gasteiger partial charge in [0.05, 0.1) is 18.1 Å². The number of hydrogen-bond donors (Lipinski definition) is 2. The summed E-state index contributed by atoms with van der Waals surface area (Å²) in [6, 6.07) is 6.70. The van der Waals surface area contributed by atoms with Crippen LogP contribution in [-0.4, -0.2) is 34.1 Å².